The summed E-state index contributed by atoms with van der Waals surface area (Å²) >= 11 is 0. The molecule has 0 bridgehead atoms. The Morgan fingerprint density at radius 2 is 1.95 bits per heavy atom. The maximum absolute atomic E-state index is 13.2. The Hall–Kier alpha value is -3.30. The van der Waals surface area contributed by atoms with Gasteiger partial charge in [0.1, 0.15) is 11.1 Å². The number of sulfonamides is 1. The van der Waals surface area contributed by atoms with Crippen molar-refractivity contribution < 1.29 is 27.8 Å². The van der Waals surface area contributed by atoms with Crippen LogP contribution in [0, 0.1) is 10.1 Å². The zero-order chi connectivity index (χ0) is 27.7. The average molecular weight is 554 g/mol. The van der Waals surface area contributed by atoms with Crippen LogP contribution in [0.4, 0.5) is 0 Å². The van der Waals surface area contributed by atoms with Crippen molar-refractivity contribution >= 4 is 27.8 Å². The van der Waals surface area contributed by atoms with E-state index in [9.17, 15) is 28.1 Å². The van der Waals surface area contributed by atoms with Crippen LogP contribution < -0.4 is 15.8 Å². The summed E-state index contributed by atoms with van der Waals surface area (Å²) in [4.78, 5) is 39.8. The summed E-state index contributed by atoms with van der Waals surface area (Å²) in [5.74, 6) is -1.48. The summed E-state index contributed by atoms with van der Waals surface area (Å²) in [6.45, 7) is 2.45. The molecule has 1 aromatic rings. The molecule has 2 fully saturated rings. The summed E-state index contributed by atoms with van der Waals surface area (Å²) in [5.41, 5.74) is 6.40. The van der Waals surface area contributed by atoms with Crippen LogP contribution in [0.15, 0.2) is 35.4 Å². The number of nitro groups is 1. The van der Waals surface area contributed by atoms with Gasteiger partial charge in [0.15, 0.2) is 11.3 Å². The Balaban J connectivity index is 1.64. The number of guanidine groups is 1. The van der Waals surface area contributed by atoms with Gasteiger partial charge in [-0.2, -0.15) is 0 Å². The van der Waals surface area contributed by atoms with Gasteiger partial charge in [-0.15, -0.1) is 0 Å². The SMILES string of the molecule is CCOC1[C@@H](NC(=O)CN2CCCC[C@H](NS(=O)(=O)Cc3ccccc3)C2=O)CCCN1/C(N)=N/[N+](=O)[O-]. The highest BCUT2D eigenvalue weighted by atomic mass is 32.2. The van der Waals surface area contributed by atoms with Gasteiger partial charge in [0.25, 0.3) is 5.96 Å². The van der Waals surface area contributed by atoms with E-state index < -0.39 is 45.2 Å². The highest BCUT2D eigenvalue weighted by Crippen LogP contribution is 2.20. The molecule has 2 aliphatic rings. The molecule has 2 aliphatic heterocycles. The minimum Gasteiger partial charge on any atom is -0.364 e. The molecule has 0 aromatic heterocycles. The van der Waals surface area contributed by atoms with E-state index in [4.69, 9.17) is 10.5 Å². The molecule has 4 N–H and O–H groups in total. The lowest BCUT2D eigenvalue weighted by Gasteiger charge is -2.40. The van der Waals surface area contributed by atoms with E-state index in [1.165, 1.54) is 9.80 Å². The zero-order valence-corrected chi connectivity index (χ0v) is 22.1. The highest BCUT2D eigenvalue weighted by molar-refractivity contribution is 7.88. The number of hydrogen-bond donors (Lipinski definition) is 3. The van der Waals surface area contributed by atoms with E-state index in [1.807, 2.05) is 0 Å². The molecule has 1 aromatic carbocycles. The topological polar surface area (TPSA) is 190 Å². The molecule has 3 rings (SSSR count). The predicted octanol–water partition coefficient (Wildman–Crippen LogP) is -0.0633. The summed E-state index contributed by atoms with van der Waals surface area (Å²) in [6, 6.07) is 7.17. The number of nitrogens with two attached hydrogens (primary N) is 1. The Morgan fingerprint density at radius 1 is 1.21 bits per heavy atom. The fourth-order valence-corrected chi connectivity index (χ4v) is 6.09. The molecule has 0 aliphatic carbocycles. The van der Waals surface area contributed by atoms with Crippen molar-refractivity contribution in [3.8, 4) is 0 Å². The van der Waals surface area contributed by atoms with Crippen molar-refractivity contribution in [1.29, 1.82) is 0 Å². The molecule has 15 heteroatoms. The van der Waals surface area contributed by atoms with Crippen molar-refractivity contribution in [2.45, 2.75) is 63.1 Å². The van der Waals surface area contributed by atoms with Crippen molar-refractivity contribution in [3.05, 3.63) is 46.0 Å². The van der Waals surface area contributed by atoms with Gasteiger partial charge in [0, 0.05) is 19.7 Å². The number of nitrogens with one attached hydrogen (secondary N) is 2. The van der Waals surface area contributed by atoms with Crippen LogP contribution in [-0.2, 0) is 30.1 Å². The number of nitrogens with zero attached hydrogens (tertiary/aromatic N) is 4. The molecule has 2 heterocycles. The number of carbonyl (C=O) groups excluding carboxylic acids is 2. The lowest BCUT2D eigenvalue weighted by Crippen LogP contribution is -2.61. The number of amides is 2. The Kier molecular flexibility index (Phi) is 10.4. The number of hydrazone groups is 1. The molecule has 0 spiro atoms. The Labute approximate surface area is 221 Å². The maximum atomic E-state index is 13.2. The minimum absolute atomic E-state index is 0.252. The third-order valence-corrected chi connectivity index (χ3v) is 7.72. The average Bonchev–Trinajstić information content (AvgIpc) is 3.01. The number of carbonyl (C=O) groups is 2. The number of rotatable bonds is 10. The van der Waals surface area contributed by atoms with Crippen LogP contribution in [0.1, 0.15) is 44.6 Å². The second-order valence-electron chi connectivity index (χ2n) is 9.22. The third kappa shape index (κ3) is 8.36. The third-order valence-electron chi connectivity index (χ3n) is 6.36. The molecule has 0 radical (unpaired) electrons. The van der Waals surface area contributed by atoms with Gasteiger partial charge in [0.05, 0.1) is 18.3 Å². The summed E-state index contributed by atoms with van der Waals surface area (Å²) in [7, 11) is -3.79. The molecule has 2 amide bonds. The summed E-state index contributed by atoms with van der Waals surface area (Å²) in [6.07, 6.45) is 1.94. The first-order valence-electron chi connectivity index (χ1n) is 12.6. The second kappa shape index (κ2) is 13.5. The first-order chi connectivity index (χ1) is 18.1. The van der Waals surface area contributed by atoms with Gasteiger partial charge in [0.2, 0.25) is 21.8 Å². The molecule has 210 valence electrons. The van der Waals surface area contributed by atoms with Gasteiger partial charge in [-0.05, 0) is 44.6 Å². The first kappa shape index (κ1) is 29.3. The van der Waals surface area contributed by atoms with Gasteiger partial charge in [-0.3, -0.25) is 9.59 Å². The van der Waals surface area contributed by atoms with Crippen LogP contribution in [0.5, 0.6) is 0 Å². The quantitative estimate of drug-likeness (QED) is 0.154. The minimum atomic E-state index is -3.79. The van der Waals surface area contributed by atoms with Crippen LogP contribution in [-0.4, -0.2) is 85.6 Å². The fourth-order valence-electron chi connectivity index (χ4n) is 4.72. The van der Waals surface area contributed by atoms with E-state index >= 15 is 0 Å². The molecule has 3 atom stereocenters. The monoisotopic (exact) mass is 553 g/mol. The fraction of sp³-hybridized carbons (Fsp3) is 0.609. The molecule has 38 heavy (non-hydrogen) atoms. The second-order valence-corrected chi connectivity index (χ2v) is 11.0. The van der Waals surface area contributed by atoms with Crippen molar-refractivity contribution in [3.63, 3.8) is 0 Å². The molecule has 2 saturated heterocycles. The molecular weight excluding hydrogens is 518 g/mol. The largest absolute Gasteiger partial charge is 0.364 e. The smallest absolute Gasteiger partial charge is 0.270 e. The summed E-state index contributed by atoms with van der Waals surface area (Å²) in [5, 5.41) is 15.9. The highest BCUT2D eigenvalue weighted by Gasteiger charge is 2.36. The Bertz CT molecular complexity index is 1120. The Morgan fingerprint density at radius 3 is 2.63 bits per heavy atom. The van der Waals surface area contributed by atoms with Crippen LogP contribution in [0.25, 0.3) is 0 Å². The van der Waals surface area contributed by atoms with Crippen molar-refractivity contribution in [1.82, 2.24) is 19.8 Å². The standard InChI is InChI=1S/C23H35N7O7S/c1-2-37-22-19(12-8-14-29(22)23(24)26-30(33)34)25-20(31)15-28-13-7-6-11-18(21(28)32)27-38(35,36)16-17-9-4-3-5-10-17/h3-5,9-10,18-19,22,27H,2,6-8,11-16H2,1H3,(H2,24,26)(H,25,31)/t18-,19-,22?/m0/s1. The number of likely N-dealkylation sites (tertiary alicyclic amines) is 2. The summed E-state index contributed by atoms with van der Waals surface area (Å²) < 4.78 is 33.7. The van der Waals surface area contributed by atoms with Crippen molar-refractivity contribution in [2.24, 2.45) is 10.8 Å². The molecule has 14 nitrogen and oxygen atoms in total. The van der Waals surface area contributed by atoms with Crippen molar-refractivity contribution in [2.75, 3.05) is 26.2 Å². The van der Waals surface area contributed by atoms with E-state index in [0.29, 0.717) is 50.8 Å². The number of benzene rings is 1. The van der Waals surface area contributed by atoms with Gasteiger partial charge >= 0.3 is 0 Å². The van der Waals surface area contributed by atoms with Crippen LogP contribution >= 0.6 is 0 Å². The number of piperidine rings is 1. The molecule has 0 saturated carbocycles. The zero-order valence-electron chi connectivity index (χ0n) is 21.3. The first-order valence-corrected chi connectivity index (χ1v) is 14.2. The number of ether oxygens (including phenoxy) is 1. The normalized spacial score (nSPS) is 23.1. The van der Waals surface area contributed by atoms with Crippen LogP contribution in [0.2, 0.25) is 0 Å². The number of hydrogen-bond acceptors (Lipinski definition) is 7. The van der Waals surface area contributed by atoms with E-state index in [2.05, 4.69) is 15.1 Å². The van der Waals surface area contributed by atoms with E-state index in [-0.39, 0.29) is 24.9 Å². The lowest BCUT2D eigenvalue weighted by atomic mass is 10.0. The van der Waals surface area contributed by atoms with E-state index in [1.54, 1.807) is 37.3 Å². The maximum Gasteiger partial charge on any atom is 0.270 e. The van der Waals surface area contributed by atoms with Crippen LogP contribution in [0.3, 0.4) is 0 Å². The molecule has 1 unspecified atom stereocenters. The van der Waals surface area contributed by atoms with Gasteiger partial charge < -0.3 is 25.6 Å². The molecular formula is C23H35N7O7S. The van der Waals surface area contributed by atoms with Gasteiger partial charge in [-0.1, -0.05) is 30.3 Å². The predicted molar refractivity (Wildman–Crippen MR) is 138 cm³/mol. The van der Waals surface area contributed by atoms with E-state index in [0.717, 1.165) is 0 Å². The lowest BCUT2D eigenvalue weighted by molar-refractivity contribution is -0.486. The van der Waals surface area contributed by atoms with Gasteiger partial charge in [-0.25, -0.2) is 23.3 Å².